The predicted molar refractivity (Wildman–Crippen MR) is 71.0 cm³/mol. The summed E-state index contributed by atoms with van der Waals surface area (Å²) in [6, 6.07) is 4.85. The Hall–Kier alpha value is -2.05. The molecule has 2 rings (SSSR count). The summed E-state index contributed by atoms with van der Waals surface area (Å²) in [4.78, 5) is 23.1. The average molecular weight is 300 g/mol. The zero-order valence-corrected chi connectivity index (χ0v) is 11.2. The minimum atomic E-state index is -4.15. The van der Waals surface area contributed by atoms with Crippen molar-refractivity contribution in [2.75, 3.05) is 11.9 Å². The van der Waals surface area contributed by atoms with Crippen molar-refractivity contribution in [1.29, 1.82) is 0 Å². The molecule has 0 aliphatic carbocycles. The SMILES string of the molecule is O=C1Cc2cc(C(=O)NCCCCC(F)(F)F)ccc2N1. The third-order valence-electron chi connectivity index (χ3n) is 3.17. The third kappa shape index (κ3) is 4.47. The fraction of sp³-hybridized carbons (Fsp3) is 0.429. The molecule has 2 N–H and O–H groups in total. The molecule has 0 bridgehead atoms. The summed E-state index contributed by atoms with van der Waals surface area (Å²) in [6.07, 6.45) is -4.48. The summed E-state index contributed by atoms with van der Waals surface area (Å²) >= 11 is 0. The lowest BCUT2D eigenvalue weighted by atomic mass is 10.1. The number of rotatable bonds is 5. The van der Waals surface area contributed by atoms with Gasteiger partial charge in [0.15, 0.2) is 0 Å². The zero-order valence-electron chi connectivity index (χ0n) is 11.2. The summed E-state index contributed by atoms with van der Waals surface area (Å²) in [6.45, 7) is 0.198. The topological polar surface area (TPSA) is 58.2 Å². The number of carbonyl (C=O) groups is 2. The molecule has 21 heavy (non-hydrogen) atoms. The molecule has 0 saturated carbocycles. The Kier molecular flexibility index (Phi) is 4.50. The number of hydrogen-bond donors (Lipinski definition) is 2. The van der Waals surface area contributed by atoms with E-state index in [1.807, 2.05) is 0 Å². The molecule has 0 saturated heterocycles. The zero-order chi connectivity index (χ0) is 15.5. The molecule has 0 fully saturated rings. The van der Waals surface area contributed by atoms with Crippen LogP contribution < -0.4 is 10.6 Å². The Morgan fingerprint density at radius 2 is 2.05 bits per heavy atom. The second kappa shape index (κ2) is 6.15. The highest BCUT2D eigenvalue weighted by Gasteiger charge is 2.25. The third-order valence-corrected chi connectivity index (χ3v) is 3.17. The van der Waals surface area contributed by atoms with E-state index in [4.69, 9.17) is 0 Å². The van der Waals surface area contributed by atoms with Crippen LogP contribution in [0.2, 0.25) is 0 Å². The Morgan fingerprint density at radius 3 is 2.76 bits per heavy atom. The number of anilines is 1. The summed E-state index contributed by atoms with van der Waals surface area (Å²) in [5.74, 6) is -0.459. The van der Waals surface area contributed by atoms with Crippen molar-refractivity contribution in [2.24, 2.45) is 0 Å². The van der Waals surface area contributed by atoms with Crippen molar-refractivity contribution in [3.63, 3.8) is 0 Å². The first-order valence-electron chi connectivity index (χ1n) is 6.63. The van der Waals surface area contributed by atoms with Gasteiger partial charge in [-0.3, -0.25) is 9.59 Å². The quantitative estimate of drug-likeness (QED) is 0.821. The van der Waals surface area contributed by atoms with E-state index in [9.17, 15) is 22.8 Å². The highest BCUT2D eigenvalue weighted by atomic mass is 19.4. The highest BCUT2D eigenvalue weighted by molar-refractivity contribution is 6.01. The van der Waals surface area contributed by atoms with Gasteiger partial charge in [0.1, 0.15) is 0 Å². The average Bonchev–Trinajstić information content (AvgIpc) is 2.75. The van der Waals surface area contributed by atoms with Gasteiger partial charge in [0.05, 0.1) is 6.42 Å². The summed E-state index contributed by atoms with van der Waals surface area (Å²) in [7, 11) is 0. The van der Waals surface area contributed by atoms with Crippen LogP contribution in [0.25, 0.3) is 0 Å². The van der Waals surface area contributed by atoms with E-state index in [0.717, 1.165) is 5.56 Å². The molecule has 2 amide bonds. The Morgan fingerprint density at radius 1 is 1.29 bits per heavy atom. The molecule has 114 valence electrons. The second-order valence-corrected chi connectivity index (χ2v) is 4.93. The lowest BCUT2D eigenvalue weighted by Gasteiger charge is -2.08. The normalized spacial score (nSPS) is 13.8. The minimum absolute atomic E-state index is 0.00755. The number of alkyl halides is 3. The summed E-state index contributed by atoms with van der Waals surface area (Å²) in [5.41, 5.74) is 1.85. The lowest BCUT2D eigenvalue weighted by molar-refractivity contribution is -0.135. The van der Waals surface area contributed by atoms with E-state index >= 15 is 0 Å². The van der Waals surface area contributed by atoms with Gasteiger partial charge in [-0.1, -0.05) is 0 Å². The summed E-state index contributed by atoms with van der Waals surface area (Å²) in [5, 5.41) is 5.24. The molecule has 0 atom stereocenters. The van der Waals surface area contributed by atoms with E-state index in [2.05, 4.69) is 10.6 Å². The largest absolute Gasteiger partial charge is 0.389 e. The van der Waals surface area contributed by atoms with Crippen molar-refractivity contribution in [2.45, 2.75) is 31.9 Å². The van der Waals surface area contributed by atoms with Crippen molar-refractivity contribution in [1.82, 2.24) is 5.32 Å². The Labute approximate surface area is 119 Å². The first-order chi connectivity index (χ1) is 9.85. The van der Waals surface area contributed by atoms with Crippen molar-refractivity contribution >= 4 is 17.5 Å². The van der Waals surface area contributed by atoms with E-state index in [-0.39, 0.29) is 37.6 Å². The van der Waals surface area contributed by atoms with Gasteiger partial charge in [-0.15, -0.1) is 0 Å². The number of fused-ring (bicyclic) bond motifs is 1. The number of hydrogen-bond acceptors (Lipinski definition) is 2. The number of amides is 2. The number of unbranched alkanes of at least 4 members (excludes halogenated alkanes) is 1. The number of halogens is 3. The van der Waals surface area contributed by atoms with Gasteiger partial charge >= 0.3 is 6.18 Å². The van der Waals surface area contributed by atoms with Crippen LogP contribution in [0.15, 0.2) is 18.2 Å². The van der Waals surface area contributed by atoms with E-state index in [0.29, 0.717) is 11.3 Å². The van der Waals surface area contributed by atoms with Gasteiger partial charge in [0.2, 0.25) is 5.91 Å². The van der Waals surface area contributed by atoms with E-state index in [1.54, 1.807) is 18.2 Å². The molecular weight excluding hydrogens is 285 g/mol. The first kappa shape index (κ1) is 15.3. The van der Waals surface area contributed by atoms with Crippen LogP contribution in [-0.4, -0.2) is 24.5 Å². The molecule has 1 aliphatic rings. The molecule has 1 aromatic rings. The first-order valence-corrected chi connectivity index (χ1v) is 6.63. The number of carbonyl (C=O) groups excluding carboxylic acids is 2. The number of benzene rings is 1. The van der Waals surface area contributed by atoms with Crippen molar-refractivity contribution in [3.8, 4) is 0 Å². The van der Waals surface area contributed by atoms with E-state index in [1.165, 1.54) is 0 Å². The van der Waals surface area contributed by atoms with Crippen molar-refractivity contribution < 1.29 is 22.8 Å². The van der Waals surface area contributed by atoms with Gasteiger partial charge in [-0.25, -0.2) is 0 Å². The van der Waals surface area contributed by atoms with E-state index < -0.39 is 12.6 Å². The van der Waals surface area contributed by atoms with Crippen LogP contribution in [-0.2, 0) is 11.2 Å². The smallest absolute Gasteiger partial charge is 0.352 e. The molecule has 1 aromatic carbocycles. The van der Waals surface area contributed by atoms with Crippen LogP contribution in [0.4, 0.5) is 18.9 Å². The standard InChI is InChI=1S/C14H15F3N2O2/c15-14(16,17)5-1-2-6-18-13(21)9-3-4-11-10(7-9)8-12(20)19-11/h3-4,7H,1-2,5-6,8H2,(H,18,21)(H,19,20). The predicted octanol–water partition coefficient (Wildman–Crippen LogP) is 2.64. The molecule has 0 aromatic heterocycles. The monoisotopic (exact) mass is 300 g/mol. The molecule has 0 spiro atoms. The lowest BCUT2D eigenvalue weighted by Crippen LogP contribution is -2.24. The minimum Gasteiger partial charge on any atom is -0.352 e. The van der Waals surface area contributed by atoms with Crippen LogP contribution in [0.3, 0.4) is 0 Å². The molecule has 0 radical (unpaired) electrons. The Bertz CT molecular complexity index is 556. The highest BCUT2D eigenvalue weighted by Crippen LogP contribution is 2.24. The second-order valence-electron chi connectivity index (χ2n) is 4.93. The molecular formula is C14H15F3N2O2. The van der Waals surface area contributed by atoms with Gasteiger partial charge in [-0.2, -0.15) is 13.2 Å². The van der Waals surface area contributed by atoms with Crippen LogP contribution >= 0.6 is 0 Å². The van der Waals surface area contributed by atoms with Crippen LogP contribution in [0.5, 0.6) is 0 Å². The maximum absolute atomic E-state index is 11.9. The molecule has 1 heterocycles. The molecule has 1 aliphatic heterocycles. The van der Waals surface area contributed by atoms with Gasteiger partial charge in [0.25, 0.3) is 5.91 Å². The molecule has 0 unspecified atom stereocenters. The summed E-state index contributed by atoms with van der Waals surface area (Å²) < 4.78 is 35.8. The van der Waals surface area contributed by atoms with Gasteiger partial charge < -0.3 is 10.6 Å². The van der Waals surface area contributed by atoms with Crippen LogP contribution in [0.1, 0.15) is 35.2 Å². The maximum Gasteiger partial charge on any atom is 0.389 e. The maximum atomic E-state index is 11.9. The fourth-order valence-electron chi connectivity index (χ4n) is 2.12. The molecule has 4 nitrogen and oxygen atoms in total. The Balaban J connectivity index is 1.79. The van der Waals surface area contributed by atoms with Gasteiger partial charge in [0, 0.05) is 24.2 Å². The van der Waals surface area contributed by atoms with Crippen LogP contribution in [0, 0.1) is 0 Å². The van der Waals surface area contributed by atoms with Crippen molar-refractivity contribution in [3.05, 3.63) is 29.3 Å². The molecule has 7 heteroatoms. The number of nitrogens with one attached hydrogen (secondary N) is 2. The van der Waals surface area contributed by atoms with Gasteiger partial charge in [-0.05, 0) is 36.6 Å². The fourth-order valence-corrected chi connectivity index (χ4v) is 2.12.